The van der Waals surface area contributed by atoms with Crippen molar-refractivity contribution in [3.8, 4) is 0 Å². The predicted octanol–water partition coefficient (Wildman–Crippen LogP) is 4.16. The third-order valence-corrected chi connectivity index (χ3v) is 7.91. The molecule has 0 N–H and O–H groups in total. The lowest BCUT2D eigenvalue weighted by atomic mass is 10.1. The number of methoxy groups -OCH3 is 1. The van der Waals surface area contributed by atoms with Crippen LogP contribution in [0.25, 0.3) is 0 Å². The van der Waals surface area contributed by atoms with E-state index in [9.17, 15) is 13.2 Å². The maximum Gasteiger partial charge on any atom is 0.264 e. The van der Waals surface area contributed by atoms with E-state index >= 15 is 0 Å². The summed E-state index contributed by atoms with van der Waals surface area (Å²) in [5, 5.41) is 0. The highest BCUT2D eigenvalue weighted by Crippen LogP contribution is 2.32. The molecule has 0 aliphatic carbocycles. The van der Waals surface area contributed by atoms with Crippen molar-refractivity contribution in [2.75, 3.05) is 37.7 Å². The van der Waals surface area contributed by atoms with Crippen molar-refractivity contribution in [2.24, 2.45) is 0 Å². The number of hydrogen-bond acceptors (Lipinski definition) is 4. The molecule has 3 aromatic rings. The molecule has 0 atom stereocenters. The van der Waals surface area contributed by atoms with Crippen molar-refractivity contribution in [1.82, 2.24) is 4.90 Å². The second-order valence-corrected chi connectivity index (χ2v) is 10.2. The fourth-order valence-electron chi connectivity index (χ4n) is 4.29. The number of hydrogen-bond donors (Lipinski definition) is 0. The summed E-state index contributed by atoms with van der Waals surface area (Å²) in [6, 6.07) is 24.1. The monoisotopic (exact) mass is 478 g/mol. The lowest BCUT2D eigenvalue weighted by Gasteiger charge is -2.23. The molecular weight excluding hydrogens is 448 g/mol. The van der Waals surface area contributed by atoms with Crippen LogP contribution in [0.3, 0.4) is 0 Å². The Morgan fingerprint density at radius 2 is 1.74 bits per heavy atom. The number of para-hydroxylation sites is 1. The van der Waals surface area contributed by atoms with Gasteiger partial charge < -0.3 is 9.64 Å². The molecule has 4 rings (SSSR count). The minimum absolute atomic E-state index is 0.131. The van der Waals surface area contributed by atoms with Gasteiger partial charge in [0, 0.05) is 32.3 Å². The second kappa shape index (κ2) is 10.8. The summed E-state index contributed by atoms with van der Waals surface area (Å²) in [6.07, 6.45) is 2.35. The molecule has 0 saturated heterocycles. The summed E-state index contributed by atoms with van der Waals surface area (Å²) in [5.41, 5.74) is 3.31. The van der Waals surface area contributed by atoms with Crippen LogP contribution >= 0.6 is 0 Å². The zero-order valence-corrected chi connectivity index (χ0v) is 20.2. The first kappa shape index (κ1) is 24.0. The van der Waals surface area contributed by atoms with Gasteiger partial charge in [0.1, 0.15) is 0 Å². The molecule has 0 saturated carbocycles. The second-order valence-electron chi connectivity index (χ2n) is 8.36. The van der Waals surface area contributed by atoms with Crippen LogP contribution < -0.4 is 4.31 Å². The van der Waals surface area contributed by atoms with E-state index in [0.717, 1.165) is 18.4 Å². The van der Waals surface area contributed by atoms with Crippen molar-refractivity contribution in [3.05, 3.63) is 95.6 Å². The predicted molar refractivity (Wildman–Crippen MR) is 134 cm³/mol. The van der Waals surface area contributed by atoms with E-state index in [1.54, 1.807) is 30.2 Å². The average molecular weight is 479 g/mol. The van der Waals surface area contributed by atoms with Gasteiger partial charge in [0.15, 0.2) is 0 Å². The largest absolute Gasteiger partial charge is 0.383 e. The smallest absolute Gasteiger partial charge is 0.264 e. The number of sulfonamides is 1. The lowest BCUT2D eigenvalue weighted by Crippen LogP contribution is -2.35. The highest BCUT2D eigenvalue weighted by Gasteiger charge is 2.31. The van der Waals surface area contributed by atoms with Crippen molar-refractivity contribution in [1.29, 1.82) is 0 Å². The van der Waals surface area contributed by atoms with Crippen LogP contribution in [0, 0.1) is 0 Å². The zero-order chi connectivity index (χ0) is 24.0. The molecule has 1 amide bonds. The molecule has 1 aliphatic heterocycles. The van der Waals surface area contributed by atoms with Gasteiger partial charge in [-0.25, -0.2) is 8.42 Å². The molecule has 6 nitrogen and oxygen atoms in total. The van der Waals surface area contributed by atoms with E-state index in [2.05, 4.69) is 12.1 Å². The number of amides is 1. The Hall–Kier alpha value is -3.16. The quantitative estimate of drug-likeness (QED) is 0.439. The normalized spacial score (nSPS) is 13.0. The molecule has 3 aromatic carbocycles. The third-order valence-electron chi connectivity index (χ3n) is 6.10. The van der Waals surface area contributed by atoms with E-state index in [4.69, 9.17) is 4.74 Å². The minimum atomic E-state index is -3.77. The number of benzene rings is 3. The van der Waals surface area contributed by atoms with Gasteiger partial charge in [-0.2, -0.15) is 0 Å². The first-order chi connectivity index (χ1) is 16.5. The van der Waals surface area contributed by atoms with Crippen LogP contribution in [0.5, 0.6) is 0 Å². The summed E-state index contributed by atoms with van der Waals surface area (Å²) < 4.78 is 33.5. The number of anilines is 1. The molecule has 0 spiro atoms. The summed E-state index contributed by atoms with van der Waals surface area (Å²) in [4.78, 5) is 15.2. The highest BCUT2D eigenvalue weighted by atomic mass is 32.2. The average Bonchev–Trinajstić information content (AvgIpc) is 3.31. The van der Waals surface area contributed by atoms with Gasteiger partial charge in [0.25, 0.3) is 15.9 Å². The van der Waals surface area contributed by atoms with E-state index < -0.39 is 10.0 Å². The maximum absolute atomic E-state index is 13.4. The molecule has 34 heavy (non-hydrogen) atoms. The van der Waals surface area contributed by atoms with Gasteiger partial charge in [-0.15, -0.1) is 0 Å². The van der Waals surface area contributed by atoms with Gasteiger partial charge in [-0.1, -0.05) is 54.6 Å². The van der Waals surface area contributed by atoms with Crippen LogP contribution in [0.2, 0.25) is 0 Å². The Bertz CT molecular complexity index is 1230. The molecule has 0 unspecified atom stereocenters. The van der Waals surface area contributed by atoms with Crippen LogP contribution in [0.15, 0.2) is 83.8 Å². The van der Waals surface area contributed by atoms with Crippen molar-refractivity contribution in [3.63, 3.8) is 0 Å². The molecule has 0 bridgehead atoms. The number of rotatable bonds is 10. The standard InChI is InChI=1S/C27H30N2O4S/c1-33-20-19-28(17-8-11-22-9-3-2-4-10-22)27(30)24-13-7-14-25(21-24)34(31,32)29-18-16-23-12-5-6-15-26(23)29/h2-7,9-10,12-15,21H,8,11,16-20H2,1H3. The molecule has 1 heterocycles. The fourth-order valence-corrected chi connectivity index (χ4v) is 5.84. The summed E-state index contributed by atoms with van der Waals surface area (Å²) >= 11 is 0. The number of carbonyl (C=O) groups is 1. The zero-order valence-electron chi connectivity index (χ0n) is 19.4. The van der Waals surface area contributed by atoms with E-state index in [1.165, 1.54) is 15.9 Å². The summed E-state index contributed by atoms with van der Waals surface area (Å²) in [5.74, 6) is -0.191. The van der Waals surface area contributed by atoms with Gasteiger partial charge in [-0.3, -0.25) is 9.10 Å². The Morgan fingerprint density at radius 3 is 2.53 bits per heavy atom. The fraction of sp³-hybridized carbons (Fsp3) is 0.296. The first-order valence-electron chi connectivity index (χ1n) is 11.5. The number of carbonyl (C=O) groups excluding carboxylic acids is 1. The van der Waals surface area contributed by atoms with Crippen LogP contribution in [0.4, 0.5) is 5.69 Å². The number of fused-ring (bicyclic) bond motifs is 1. The van der Waals surface area contributed by atoms with Crippen molar-refractivity contribution < 1.29 is 17.9 Å². The van der Waals surface area contributed by atoms with Crippen molar-refractivity contribution >= 4 is 21.6 Å². The van der Waals surface area contributed by atoms with Gasteiger partial charge in [0.2, 0.25) is 0 Å². The molecule has 178 valence electrons. The van der Waals surface area contributed by atoms with Crippen molar-refractivity contribution in [2.45, 2.75) is 24.2 Å². The van der Waals surface area contributed by atoms with Crippen LogP contribution in [-0.4, -0.2) is 52.6 Å². The molecule has 0 aromatic heterocycles. The highest BCUT2D eigenvalue weighted by molar-refractivity contribution is 7.92. The number of aryl methyl sites for hydroxylation is 1. The Balaban J connectivity index is 1.51. The topological polar surface area (TPSA) is 66.9 Å². The van der Waals surface area contributed by atoms with Gasteiger partial charge in [0.05, 0.1) is 17.2 Å². The minimum Gasteiger partial charge on any atom is -0.383 e. The molecule has 1 aliphatic rings. The van der Waals surface area contributed by atoms with E-state index in [1.807, 2.05) is 42.5 Å². The Labute approximate surface area is 201 Å². The van der Waals surface area contributed by atoms with E-state index in [0.29, 0.717) is 43.9 Å². The first-order valence-corrected chi connectivity index (χ1v) is 13.0. The van der Waals surface area contributed by atoms with Crippen LogP contribution in [-0.2, 0) is 27.6 Å². The summed E-state index contributed by atoms with van der Waals surface area (Å²) in [6.45, 7) is 1.83. The van der Waals surface area contributed by atoms with Crippen LogP contribution in [0.1, 0.15) is 27.9 Å². The molecule has 0 fully saturated rings. The Kier molecular flexibility index (Phi) is 7.65. The number of nitrogens with zero attached hydrogens (tertiary/aromatic N) is 2. The number of ether oxygens (including phenoxy) is 1. The maximum atomic E-state index is 13.4. The molecule has 0 radical (unpaired) electrons. The van der Waals surface area contributed by atoms with Gasteiger partial charge >= 0.3 is 0 Å². The molecule has 7 heteroatoms. The molecular formula is C27H30N2O4S. The SMILES string of the molecule is COCCN(CCCc1ccccc1)C(=O)c1cccc(S(=O)(=O)N2CCc3ccccc32)c1. The third kappa shape index (κ3) is 5.32. The Morgan fingerprint density at radius 1 is 0.971 bits per heavy atom. The summed E-state index contributed by atoms with van der Waals surface area (Å²) in [7, 11) is -2.16. The van der Waals surface area contributed by atoms with E-state index in [-0.39, 0.29) is 10.8 Å². The van der Waals surface area contributed by atoms with Gasteiger partial charge in [-0.05, 0) is 54.7 Å². The lowest BCUT2D eigenvalue weighted by molar-refractivity contribution is 0.0693.